The Morgan fingerprint density at radius 2 is 2.14 bits per heavy atom. The highest BCUT2D eigenvalue weighted by molar-refractivity contribution is 5.99. The summed E-state index contributed by atoms with van der Waals surface area (Å²) in [6.07, 6.45) is 0. The van der Waals surface area contributed by atoms with Crippen molar-refractivity contribution in [1.29, 1.82) is 0 Å². The molecule has 21 heavy (non-hydrogen) atoms. The van der Waals surface area contributed by atoms with E-state index in [9.17, 15) is 4.79 Å². The molecule has 114 valence electrons. The summed E-state index contributed by atoms with van der Waals surface area (Å²) in [6, 6.07) is 6.22. The number of amides is 1. The van der Waals surface area contributed by atoms with Crippen LogP contribution in [0.5, 0.6) is 0 Å². The van der Waals surface area contributed by atoms with E-state index in [4.69, 9.17) is 4.42 Å². The van der Waals surface area contributed by atoms with Crippen LogP contribution in [0.15, 0.2) is 22.6 Å². The van der Waals surface area contributed by atoms with Gasteiger partial charge in [-0.25, -0.2) is 0 Å². The van der Waals surface area contributed by atoms with Crippen LogP contribution in [0.1, 0.15) is 28.6 Å². The Bertz CT molecular complexity index is 666. The van der Waals surface area contributed by atoms with Crippen LogP contribution in [0, 0.1) is 13.8 Å². The van der Waals surface area contributed by atoms with Gasteiger partial charge in [0.25, 0.3) is 5.91 Å². The topological polar surface area (TPSA) is 45.5 Å². The van der Waals surface area contributed by atoms with Gasteiger partial charge in [0.05, 0.1) is 0 Å². The Balaban J connectivity index is 0.00000161. The highest BCUT2D eigenvalue weighted by atomic mass is 35.5. The van der Waals surface area contributed by atoms with E-state index in [1.807, 2.05) is 36.9 Å². The largest absolute Gasteiger partial charge is 0.450 e. The van der Waals surface area contributed by atoms with Gasteiger partial charge < -0.3 is 14.6 Å². The summed E-state index contributed by atoms with van der Waals surface area (Å²) in [7, 11) is 0. The van der Waals surface area contributed by atoms with Gasteiger partial charge >= 0.3 is 0 Å². The van der Waals surface area contributed by atoms with Crippen LogP contribution in [-0.4, -0.2) is 36.5 Å². The molecule has 5 heteroatoms. The lowest BCUT2D eigenvalue weighted by atomic mass is 10.1. The number of furan rings is 1. The van der Waals surface area contributed by atoms with Crippen LogP contribution in [0.25, 0.3) is 11.0 Å². The van der Waals surface area contributed by atoms with Crippen molar-refractivity contribution < 1.29 is 9.21 Å². The van der Waals surface area contributed by atoms with Crippen molar-refractivity contribution in [2.45, 2.75) is 26.8 Å². The minimum Gasteiger partial charge on any atom is -0.450 e. The summed E-state index contributed by atoms with van der Waals surface area (Å²) in [4.78, 5) is 14.6. The fourth-order valence-electron chi connectivity index (χ4n) is 2.86. The second-order valence-corrected chi connectivity index (χ2v) is 5.56. The van der Waals surface area contributed by atoms with Crippen LogP contribution < -0.4 is 5.32 Å². The number of para-hydroxylation sites is 1. The molecule has 1 aromatic carbocycles. The van der Waals surface area contributed by atoms with Gasteiger partial charge in [0.15, 0.2) is 5.76 Å². The first-order valence-corrected chi connectivity index (χ1v) is 7.10. The molecule has 0 unspecified atom stereocenters. The van der Waals surface area contributed by atoms with Crippen molar-refractivity contribution in [3.05, 3.63) is 35.1 Å². The van der Waals surface area contributed by atoms with E-state index in [1.165, 1.54) is 0 Å². The Hall–Kier alpha value is -1.52. The predicted molar refractivity (Wildman–Crippen MR) is 86.3 cm³/mol. The number of carbonyl (C=O) groups excluding carboxylic acids is 1. The average molecular weight is 309 g/mol. The molecule has 2 heterocycles. The number of halogens is 1. The molecule has 1 fully saturated rings. The molecule has 2 aromatic rings. The van der Waals surface area contributed by atoms with E-state index >= 15 is 0 Å². The number of hydrogen-bond donors (Lipinski definition) is 1. The third-order valence-corrected chi connectivity index (χ3v) is 4.12. The zero-order valence-electron chi connectivity index (χ0n) is 12.6. The van der Waals surface area contributed by atoms with Crippen molar-refractivity contribution in [3.8, 4) is 0 Å². The van der Waals surface area contributed by atoms with Gasteiger partial charge in [0.2, 0.25) is 0 Å². The third-order valence-electron chi connectivity index (χ3n) is 4.12. The van der Waals surface area contributed by atoms with Crippen LogP contribution in [0.4, 0.5) is 0 Å². The molecule has 1 saturated heterocycles. The summed E-state index contributed by atoms with van der Waals surface area (Å²) in [5, 5.41) is 4.33. The normalized spacial score (nSPS) is 18.6. The van der Waals surface area contributed by atoms with Crippen molar-refractivity contribution in [2.75, 3.05) is 19.6 Å². The zero-order valence-corrected chi connectivity index (χ0v) is 13.4. The number of nitrogens with zero attached hydrogens (tertiary/aromatic N) is 1. The second-order valence-electron chi connectivity index (χ2n) is 5.56. The number of hydrogen-bond acceptors (Lipinski definition) is 3. The van der Waals surface area contributed by atoms with Gasteiger partial charge in [-0.2, -0.15) is 0 Å². The fraction of sp³-hybridized carbons (Fsp3) is 0.438. The summed E-state index contributed by atoms with van der Waals surface area (Å²) in [5.41, 5.74) is 2.84. The molecule has 4 nitrogen and oxygen atoms in total. The molecule has 0 saturated carbocycles. The maximum absolute atomic E-state index is 12.7. The molecule has 1 aliphatic rings. The van der Waals surface area contributed by atoms with E-state index in [0.717, 1.165) is 41.7 Å². The summed E-state index contributed by atoms with van der Waals surface area (Å²) < 4.78 is 5.88. The number of fused-ring (bicyclic) bond motifs is 1. The van der Waals surface area contributed by atoms with Crippen LogP contribution in [0.3, 0.4) is 0 Å². The van der Waals surface area contributed by atoms with Crippen molar-refractivity contribution in [2.24, 2.45) is 0 Å². The van der Waals surface area contributed by atoms with E-state index in [-0.39, 0.29) is 24.4 Å². The quantitative estimate of drug-likeness (QED) is 0.881. The maximum atomic E-state index is 12.7. The first kappa shape index (κ1) is 15.9. The van der Waals surface area contributed by atoms with Crippen molar-refractivity contribution in [1.82, 2.24) is 10.2 Å². The SMILES string of the molecule is Cc1c(C(=O)N2CCNC[C@@H]2C)oc2c(C)cccc12.Cl. The summed E-state index contributed by atoms with van der Waals surface area (Å²) in [5.74, 6) is 0.496. The third kappa shape index (κ3) is 2.65. The van der Waals surface area contributed by atoms with Gasteiger partial charge in [-0.05, 0) is 26.3 Å². The Labute approximate surface area is 130 Å². The number of benzene rings is 1. The van der Waals surface area contributed by atoms with Gasteiger partial charge in [-0.3, -0.25) is 4.79 Å². The smallest absolute Gasteiger partial charge is 0.290 e. The molecule has 1 N–H and O–H groups in total. The standard InChI is InChI=1S/C16H20N2O2.ClH/c1-10-5-4-6-13-12(3)15(20-14(10)13)16(19)18-8-7-17-9-11(18)2;/h4-6,11,17H,7-9H2,1-3H3;1H/t11-;/m0./s1. The lowest BCUT2D eigenvalue weighted by Gasteiger charge is -2.33. The number of piperazine rings is 1. The predicted octanol–water partition coefficient (Wildman–Crippen LogP) is 2.91. The molecule has 0 spiro atoms. The van der Waals surface area contributed by atoms with Crippen molar-refractivity contribution in [3.63, 3.8) is 0 Å². The van der Waals surface area contributed by atoms with Crippen LogP contribution in [0.2, 0.25) is 0 Å². The first-order chi connectivity index (χ1) is 9.59. The molecular formula is C16H21ClN2O2. The van der Waals surface area contributed by atoms with E-state index in [0.29, 0.717) is 5.76 Å². The molecule has 1 aromatic heterocycles. The molecule has 0 radical (unpaired) electrons. The molecular weight excluding hydrogens is 288 g/mol. The number of aryl methyl sites for hydroxylation is 2. The van der Waals surface area contributed by atoms with Gasteiger partial charge in [-0.15, -0.1) is 12.4 Å². The van der Waals surface area contributed by atoms with Gasteiger partial charge in [-0.1, -0.05) is 18.2 Å². The fourth-order valence-corrected chi connectivity index (χ4v) is 2.86. The van der Waals surface area contributed by atoms with Crippen LogP contribution >= 0.6 is 12.4 Å². The molecule has 0 bridgehead atoms. The first-order valence-electron chi connectivity index (χ1n) is 7.10. The molecule has 0 aliphatic carbocycles. The monoisotopic (exact) mass is 308 g/mol. The molecule has 3 rings (SSSR count). The highest BCUT2D eigenvalue weighted by Crippen LogP contribution is 2.28. The summed E-state index contributed by atoms with van der Waals surface area (Å²) in [6.45, 7) is 8.44. The minimum atomic E-state index is 0. The molecule has 1 atom stereocenters. The Kier molecular flexibility index (Phi) is 4.59. The van der Waals surface area contributed by atoms with Gasteiger partial charge in [0.1, 0.15) is 5.58 Å². The Morgan fingerprint density at radius 3 is 2.81 bits per heavy atom. The lowest BCUT2D eigenvalue weighted by molar-refractivity contribution is 0.0624. The lowest BCUT2D eigenvalue weighted by Crippen LogP contribution is -2.52. The van der Waals surface area contributed by atoms with Gasteiger partial charge in [0, 0.05) is 36.6 Å². The molecule has 1 amide bonds. The number of nitrogens with one attached hydrogen (secondary N) is 1. The van der Waals surface area contributed by atoms with Crippen LogP contribution in [-0.2, 0) is 0 Å². The minimum absolute atomic E-state index is 0. The average Bonchev–Trinajstić information content (AvgIpc) is 2.78. The van der Waals surface area contributed by atoms with Crippen molar-refractivity contribution >= 4 is 29.3 Å². The zero-order chi connectivity index (χ0) is 14.3. The van der Waals surface area contributed by atoms with E-state index in [2.05, 4.69) is 12.2 Å². The number of rotatable bonds is 1. The summed E-state index contributed by atoms with van der Waals surface area (Å²) >= 11 is 0. The Morgan fingerprint density at radius 1 is 1.38 bits per heavy atom. The second kappa shape index (κ2) is 6.08. The maximum Gasteiger partial charge on any atom is 0.290 e. The van der Waals surface area contributed by atoms with E-state index in [1.54, 1.807) is 0 Å². The highest BCUT2D eigenvalue weighted by Gasteiger charge is 2.28. The number of carbonyl (C=O) groups is 1. The molecule has 1 aliphatic heterocycles. The van der Waals surface area contributed by atoms with E-state index < -0.39 is 0 Å².